The lowest BCUT2D eigenvalue weighted by atomic mass is 9.95. The highest BCUT2D eigenvalue weighted by Crippen LogP contribution is 2.43. The lowest BCUT2D eigenvalue weighted by molar-refractivity contribution is 0.422. The van der Waals surface area contributed by atoms with Crippen LogP contribution in [0.5, 0.6) is 0 Å². The summed E-state index contributed by atoms with van der Waals surface area (Å²) in [5, 5.41) is 5.41. The third-order valence-corrected chi connectivity index (χ3v) is 7.83. The second kappa shape index (κ2) is 5.85. The van der Waals surface area contributed by atoms with Crippen LogP contribution in [-0.2, 0) is 12.8 Å². The molecule has 1 aliphatic heterocycles. The van der Waals surface area contributed by atoms with Gasteiger partial charge in [0.1, 0.15) is 0 Å². The van der Waals surface area contributed by atoms with E-state index in [0.717, 1.165) is 40.7 Å². The van der Waals surface area contributed by atoms with Crippen molar-refractivity contribution in [1.29, 1.82) is 0 Å². The molecule has 2 aromatic rings. The number of nitrogen functional groups attached to an aromatic ring is 1. The van der Waals surface area contributed by atoms with Gasteiger partial charge in [-0.05, 0) is 31.2 Å². The smallest absolute Gasteiger partial charge is 0.261 e. The van der Waals surface area contributed by atoms with E-state index in [4.69, 9.17) is 10.3 Å². The molecule has 1 saturated heterocycles. The van der Waals surface area contributed by atoms with Gasteiger partial charge in [-0.25, -0.2) is 0 Å². The van der Waals surface area contributed by atoms with Crippen molar-refractivity contribution >= 4 is 39.9 Å². The van der Waals surface area contributed by atoms with Crippen LogP contribution >= 0.6 is 34.9 Å². The van der Waals surface area contributed by atoms with Gasteiger partial charge in [0.05, 0.1) is 15.8 Å². The van der Waals surface area contributed by atoms with Crippen molar-refractivity contribution in [3.63, 3.8) is 0 Å². The summed E-state index contributed by atoms with van der Waals surface area (Å²) in [5.41, 5.74) is 8.59. The van der Waals surface area contributed by atoms with Crippen molar-refractivity contribution in [2.45, 2.75) is 30.9 Å². The van der Waals surface area contributed by atoms with Gasteiger partial charge in [0.2, 0.25) is 0 Å². The predicted octanol–water partition coefficient (Wildman–Crippen LogP) is 3.78. The fraction of sp³-hybridized carbons (Fsp3) is 0.571. The summed E-state index contributed by atoms with van der Waals surface area (Å²) in [6.45, 7) is 0. The number of nitrogens with zero attached hydrogens (tertiary/aromatic N) is 2. The number of aromatic nitrogens is 2. The van der Waals surface area contributed by atoms with E-state index in [1.807, 2.05) is 23.5 Å². The largest absolute Gasteiger partial charge is 0.390 e. The first-order chi connectivity index (χ1) is 10.3. The second-order valence-corrected chi connectivity index (χ2v) is 8.94. The number of thiophene rings is 1. The van der Waals surface area contributed by atoms with E-state index in [2.05, 4.69) is 10.1 Å². The summed E-state index contributed by atoms with van der Waals surface area (Å²) in [7, 11) is 0. The molecule has 0 aromatic carbocycles. The molecule has 3 heterocycles. The summed E-state index contributed by atoms with van der Waals surface area (Å²) >= 11 is 5.59. The summed E-state index contributed by atoms with van der Waals surface area (Å²) in [5.74, 6) is 4.91. The van der Waals surface area contributed by atoms with E-state index >= 15 is 0 Å². The molecule has 0 spiro atoms. The molecule has 1 unspecified atom stereocenters. The van der Waals surface area contributed by atoms with E-state index in [-0.39, 0.29) is 0 Å². The number of hydrogen-bond acceptors (Lipinski definition) is 7. The van der Waals surface area contributed by atoms with Gasteiger partial charge in [-0.15, -0.1) is 23.1 Å². The number of anilines is 1. The average molecular weight is 340 g/mol. The summed E-state index contributed by atoms with van der Waals surface area (Å²) < 4.78 is 5.55. The molecule has 112 valence electrons. The van der Waals surface area contributed by atoms with E-state index in [9.17, 15) is 0 Å². The Morgan fingerprint density at radius 1 is 1.19 bits per heavy atom. The topological polar surface area (TPSA) is 64.9 Å². The van der Waals surface area contributed by atoms with Crippen molar-refractivity contribution in [3.8, 4) is 11.5 Å². The number of aryl methyl sites for hydroxylation is 1. The standard InChI is InChI=1S/C14H17N3OS3/c15-12-11(8-3-1-2-4-9(8)21-12)14-16-13(17-18-14)10-7-19-5-6-20-10/h10H,1-7,15H2. The third kappa shape index (κ3) is 2.59. The van der Waals surface area contributed by atoms with Crippen molar-refractivity contribution in [1.82, 2.24) is 10.1 Å². The zero-order valence-electron chi connectivity index (χ0n) is 11.6. The van der Waals surface area contributed by atoms with E-state index in [0.29, 0.717) is 11.1 Å². The van der Waals surface area contributed by atoms with Crippen molar-refractivity contribution in [2.24, 2.45) is 0 Å². The molecule has 1 aliphatic carbocycles. The average Bonchev–Trinajstić information content (AvgIpc) is 3.11. The molecule has 0 saturated carbocycles. The molecule has 4 rings (SSSR count). The molecule has 1 atom stereocenters. The number of nitrogens with two attached hydrogens (primary N) is 1. The molecule has 2 N–H and O–H groups in total. The lowest BCUT2D eigenvalue weighted by Gasteiger charge is -2.17. The van der Waals surface area contributed by atoms with Gasteiger partial charge >= 0.3 is 0 Å². The number of rotatable bonds is 2. The van der Waals surface area contributed by atoms with Crippen LogP contribution in [0.4, 0.5) is 5.00 Å². The normalized spacial score (nSPS) is 22.2. The van der Waals surface area contributed by atoms with Crippen LogP contribution in [0.25, 0.3) is 11.5 Å². The van der Waals surface area contributed by atoms with Crippen LogP contribution in [0.2, 0.25) is 0 Å². The Hall–Kier alpha value is -0.660. The highest BCUT2D eigenvalue weighted by Gasteiger charge is 2.27. The van der Waals surface area contributed by atoms with Crippen LogP contribution in [0.3, 0.4) is 0 Å². The van der Waals surface area contributed by atoms with Crippen molar-refractivity contribution in [3.05, 3.63) is 16.3 Å². The fourth-order valence-electron chi connectivity index (χ4n) is 2.93. The Labute approximate surface area is 136 Å². The minimum atomic E-state index is 0.358. The molecule has 2 aromatic heterocycles. The molecular formula is C14H17N3OS3. The van der Waals surface area contributed by atoms with E-state index in [1.165, 1.54) is 29.0 Å². The molecule has 21 heavy (non-hydrogen) atoms. The molecule has 0 bridgehead atoms. The van der Waals surface area contributed by atoms with Gasteiger partial charge in [0.25, 0.3) is 5.89 Å². The fourth-order valence-corrected chi connectivity index (χ4v) is 6.67. The first-order valence-electron chi connectivity index (χ1n) is 7.26. The zero-order valence-corrected chi connectivity index (χ0v) is 14.1. The Kier molecular flexibility index (Phi) is 3.89. The molecule has 7 heteroatoms. The van der Waals surface area contributed by atoms with Crippen LogP contribution in [-0.4, -0.2) is 27.4 Å². The van der Waals surface area contributed by atoms with Crippen LogP contribution in [0.1, 0.15) is 34.4 Å². The number of hydrogen-bond donors (Lipinski definition) is 1. The first-order valence-corrected chi connectivity index (χ1v) is 10.3. The summed E-state index contributed by atoms with van der Waals surface area (Å²) in [6, 6.07) is 0. The molecular weight excluding hydrogens is 322 g/mol. The third-order valence-electron chi connectivity index (χ3n) is 3.96. The van der Waals surface area contributed by atoms with Crippen LogP contribution < -0.4 is 5.73 Å². The lowest BCUT2D eigenvalue weighted by Crippen LogP contribution is -2.08. The van der Waals surface area contributed by atoms with Gasteiger partial charge in [0.15, 0.2) is 5.82 Å². The summed E-state index contributed by atoms with van der Waals surface area (Å²) in [4.78, 5) is 6.07. The minimum Gasteiger partial charge on any atom is -0.390 e. The van der Waals surface area contributed by atoms with Gasteiger partial charge in [-0.2, -0.15) is 16.7 Å². The van der Waals surface area contributed by atoms with Crippen molar-refractivity contribution < 1.29 is 4.52 Å². The Bertz CT molecular complexity index is 646. The first kappa shape index (κ1) is 14.0. The van der Waals surface area contributed by atoms with E-state index < -0.39 is 0 Å². The van der Waals surface area contributed by atoms with Crippen LogP contribution in [0, 0.1) is 0 Å². The van der Waals surface area contributed by atoms with Gasteiger partial charge in [-0.3, -0.25) is 0 Å². The maximum absolute atomic E-state index is 6.22. The molecule has 0 radical (unpaired) electrons. The van der Waals surface area contributed by atoms with Gasteiger partial charge in [0, 0.05) is 22.1 Å². The highest BCUT2D eigenvalue weighted by molar-refractivity contribution is 8.06. The monoisotopic (exact) mass is 339 g/mol. The van der Waals surface area contributed by atoms with Crippen LogP contribution in [0.15, 0.2) is 4.52 Å². The predicted molar refractivity (Wildman–Crippen MR) is 91.2 cm³/mol. The van der Waals surface area contributed by atoms with Gasteiger partial charge < -0.3 is 10.3 Å². The second-order valence-electron chi connectivity index (χ2n) is 5.34. The summed E-state index contributed by atoms with van der Waals surface area (Å²) in [6.07, 6.45) is 4.72. The SMILES string of the molecule is Nc1sc2c(c1-c1nc(C3CSCCS3)no1)CCCC2. The number of fused-ring (bicyclic) bond motifs is 1. The Morgan fingerprint density at radius 2 is 2.10 bits per heavy atom. The van der Waals surface area contributed by atoms with Gasteiger partial charge in [-0.1, -0.05) is 5.16 Å². The molecule has 4 nitrogen and oxygen atoms in total. The number of thioether (sulfide) groups is 2. The Morgan fingerprint density at radius 3 is 2.95 bits per heavy atom. The van der Waals surface area contributed by atoms with Crippen molar-refractivity contribution in [2.75, 3.05) is 23.0 Å². The highest BCUT2D eigenvalue weighted by atomic mass is 32.2. The maximum Gasteiger partial charge on any atom is 0.261 e. The quantitative estimate of drug-likeness (QED) is 0.898. The molecule has 1 fully saturated rings. The maximum atomic E-state index is 6.22. The molecule has 2 aliphatic rings. The Balaban J connectivity index is 1.68. The zero-order chi connectivity index (χ0) is 14.2. The molecule has 0 amide bonds. The minimum absolute atomic E-state index is 0.358. The van der Waals surface area contributed by atoms with E-state index in [1.54, 1.807) is 11.3 Å².